The lowest BCUT2D eigenvalue weighted by Gasteiger charge is -2.42. The summed E-state index contributed by atoms with van der Waals surface area (Å²) < 4.78 is 5.63. The van der Waals surface area contributed by atoms with Crippen LogP contribution in [0.15, 0.2) is 0 Å². The molecule has 0 radical (unpaired) electrons. The lowest BCUT2D eigenvalue weighted by molar-refractivity contribution is -0.154. The zero-order valence-electron chi connectivity index (χ0n) is 12.3. The van der Waals surface area contributed by atoms with Crippen molar-refractivity contribution in [2.45, 2.75) is 51.7 Å². The predicted octanol–water partition coefficient (Wildman–Crippen LogP) is 0.929. The van der Waals surface area contributed by atoms with E-state index in [9.17, 15) is 9.59 Å². The van der Waals surface area contributed by atoms with Crippen LogP contribution in [0, 0.1) is 5.92 Å². The molecule has 2 rings (SSSR count). The third-order valence-corrected chi connectivity index (χ3v) is 3.97. The summed E-state index contributed by atoms with van der Waals surface area (Å²) in [7, 11) is 0. The second-order valence-electron chi connectivity index (χ2n) is 6.38. The van der Waals surface area contributed by atoms with Crippen LogP contribution in [-0.4, -0.2) is 47.6 Å². The van der Waals surface area contributed by atoms with Crippen LogP contribution in [0.4, 0.5) is 0 Å². The van der Waals surface area contributed by atoms with Gasteiger partial charge in [0.2, 0.25) is 11.8 Å². The molecule has 0 spiro atoms. The lowest BCUT2D eigenvalue weighted by Crippen LogP contribution is -2.67. The quantitative estimate of drug-likeness (QED) is 0.807. The molecule has 1 saturated carbocycles. The van der Waals surface area contributed by atoms with Gasteiger partial charge in [0.1, 0.15) is 5.54 Å². The van der Waals surface area contributed by atoms with Gasteiger partial charge in [-0.15, -0.1) is 0 Å². The molecule has 1 unspecified atom stereocenters. The Morgan fingerprint density at radius 3 is 2.58 bits per heavy atom. The van der Waals surface area contributed by atoms with E-state index in [2.05, 4.69) is 5.32 Å². The van der Waals surface area contributed by atoms with Crippen LogP contribution in [0.1, 0.15) is 40.5 Å². The first-order valence-electron chi connectivity index (χ1n) is 7.03. The fourth-order valence-electron chi connectivity index (χ4n) is 2.92. The average Bonchev–Trinajstić information content (AvgIpc) is 3.08. The SMILES string of the molecule is CCOC(C)(C)CN1CC(=O)NC(C)(C2CC2)C1=O. The van der Waals surface area contributed by atoms with Crippen LogP contribution < -0.4 is 5.32 Å². The zero-order chi connectivity index (χ0) is 14.3. The Morgan fingerprint density at radius 2 is 2.05 bits per heavy atom. The lowest BCUT2D eigenvalue weighted by atomic mass is 9.91. The Morgan fingerprint density at radius 1 is 1.42 bits per heavy atom. The molecule has 2 aliphatic rings. The van der Waals surface area contributed by atoms with Gasteiger partial charge in [-0.2, -0.15) is 0 Å². The number of carbonyl (C=O) groups is 2. The maximum atomic E-state index is 12.6. The monoisotopic (exact) mass is 268 g/mol. The molecule has 5 heteroatoms. The predicted molar refractivity (Wildman–Crippen MR) is 71.6 cm³/mol. The van der Waals surface area contributed by atoms with Crippen molar-refractivity contribution in [2.24, 2.45) is 5.92 Å². The van der Waals surface area contributed by atoms with Gasteiger partial charge >= 0.3 is 0 Å². The van der Waals surface area contributed by atoms with Crippen molar-refractivity contribution in [3.8, 4) is 0 Å². The third-order valence-electron chi connectivity index (χ3n) is 3.97. The average molecular weight is 268 g/mol. The molecule has 0 aromatic heterocycles. The van der Waals surface area contributed by atoms with Crippen molar-refractivity contribution in [2.75, 3.05) is 19.7 Å². The highest BCUT2D eigenvalue weighted by Gasteiger charge is 2.53. The molecule has 1 heterocycles. The van der Waals surface area contributed by atoms with Gasteiger partial charge in [0, 0.05) is 13.2 Å². The van der Waals surface area contributed by atoms with Crippen molar-refractivity contribution in [1.29, 1.82) is 0 Å². The first-order chi connectivity index (χ1) is 8.78. The fraction of sp³-hybridized carbons (Fsp3) is 0.857. The summed E-state index contributed by atoms with van der Waals surface area (Å²) in [5.74, 6) is 0.255. The van der Waals surface area contributed by atoms with Gasteiger partial charge in [0.25, 0.3) is 0 Å². The van der Waals surface area contributed by atoms with Crippen LogP contribution >= 0.6 is 0 Å². The maximum Gasteiger partial charge on any atom is 0.248 e. The number of nitrogens with one attached hydrogen (secondary N) is 1. The number of ether oxygens (including phenoxy) is 1. The number of rotatable bonds is 5. The summed E-state index contributed by atoms with van der Waals surface area (Å²) in [5, 5.41) is 2.88. The number of amides is 2. The van der Waals surface area contributed by atoms with E-state index in [4.69, 9.17) is 4.74 Å². The van der Waals surface area contributed by atoms with E-state index in [1.807, 2.05) is 27.7 Å². The highest BCUT2D eigenvalue weighted by atomic mass is 16.5. The van der Waals surface area contributed by atoms with Crippen LogP contribution in [0.3, 0.4) is 0 Å². The molecule has 2 fully saturated rings. The summed E-state index contributed by atoms with van der Waals surface area (Å²) in [5.41, 5.74) is -1.13. The highest BCUT2D eigenvalue weighted by molar-refractivity contribution is 5.98. The van der Waals surface area contributed by atoms with Crippen LogP contribution in [-0.2, 0) is 14.3 Å². The highest BCUT2D eigenvalue weighted by Crippen LogP contribution is 2.41. The van der Waals surface area contributed by atoms with Crippen molar-refractivity contribution < 1.29 is 14.3 Å². The normalized spacial score (nSPS) is 28.5. The number of carbonyl (C=O) groups excluding carboxylic acids is 2. The van der Waals surface area contributed by atoms with E-state index in [0.29, 0.717) is 19.1 Å². The second kappa shape index (κ2) is 4.78. The van der Waals surface area contributed by atoms with Gasteiger partial charge in [-0.1, -0.05) is 0 Å². The summed E-state index contributed by atoms with van der Waals surface area (Å²) in [4.78, 5) is 26.1. The first-order valence-corrected chi connectivity index (χ1v) is 7.03. The Labute approximate surface area is 114 Å². The van der Waals surface area contributed by atoms with E-state index >= 15 is 0 Å². The molecule has 1 saturated heterocycles. The van der Waals surface area contributed by atoms with Gasteiger partial charge in [-0.05, 0) is 46.5 Å². The molecular weight excluding hydrogens is 244 g/mol. The molecular formula is C14H24N2O3. The maximum absolute atomic E-state index is 12.6. The van der Waals surface area contributed by atoms with E-state index in [1.54, 1.807) is 4.90 Å². The largest absolute Gasteiger partial charge is 0.374 e. The van der Waals surface area contributed by atoms with Crippen molar-refractivity contribution >= 4 is 11.8 Å². The van der Waals surface area contributed by atoms with E-state index in [1.165, 1.54) is 0 Å². The minimum absolute atomic E-state index is 0.0300. The first kappa shape index (κ1) is 14.3. The molecule has 0 aromatic rings. The molecule has 2 amide bonds. The molecule has 0 bridgehead atoms. The molecule has 1 atom stereocenters. The van der Waals surface area contributed by atoms with Gasteiger partial charge in [-0.3, -0.25) is 9.59 Å². The van der Waals surface area contributed by atoms with Crippen molar-refractivity contribution in [3.63, 3.8) is 0 Å². The standard InChI is InChI=1S/C14H24N2O3/c1-5-19-13(2,3)9-16-8-11(17)15-14(4,12(16)18)10-6-7-10/h10H,5-9H2,1-4H3,(H,15,17). The van der Waals surface area contributed by atoms with Gasteiger partial charge in [0.05, 0.1) is 12.1 Å². The van der Waals surface area contributed by atoms with Gasteiger partial charge in [0.15, 0.2) is 0 Å². The topological polar surface area (TPSA) is 58.6 Å². The minimum Gasteiger partial charge on any atom is -0.374 e. The molecule has 1 aliphatic heterocycles. The van der Waals surface area contributed by atoms with E-state index < -0.39 is 11.1 Å². The zero-order valence-corrected chi connectivity index (χ0v) is 12.3. The van der Waals surface area contributed by atoms with Crippen molar-refractivity contribution in [1.82, 2.24) is 10.2 Å². The Bertz CT molecular complexity index is 390. The fourth-order valence-corrected chi connectivity index (χ4v) is 2.92. The summed E-state index contributed by atoms with van der Waals surface area (Å²) in [6.45, 7) is 8.87. The number of nitrogens with zero attached hydrogens (tertiary/aromatic N) is 1. The van der Waals surface area contributed by atoms with E-state index in [0.717, 1.165) is 12.8 Å². The summed E-state index contributed by atoms with van der Waals surface area (Å²) in [6.07, 6.45) is 2.04. The summed E-state index contributed by atoms with van der Waals surface area (Å²) >= 11 is 0. The summed E-state index contributed by atoms with van der Waals surface area (Å²) in [6, 6.07) is 0. The molecule has 108 valence electrons. The van der Waals surface area contributed by atoms with Gasteiger partial charge < -0.3 is 15.0 Å². The molecule has 1 N–H and O–H groups in total. The van der Waals surface area contributed by atoms with Crippen LogP contribution in [0.5, 0.6) is 0 Å². The van der Waals surface area contributed by atoms with Crippen molar-refractivity contribution in [3.05, 3.63) is 0 Å². The molecule has 1 aliphatic carbocycles. The van der Waals surface area contributed by atoms with E-state index in [-0.39, 0.29) is 18.4 Å². The van der Waals surface area contributed by atoms with Gasteiger partial charge in [-0.25, -0.2) is 0 Å². The Hall–Kier alpha value is -1.10. The Kier molecular flexibility index (Phi) is 3.60. The molecule has 0 aromatic carbocycles. The smallest absolute Gasteiger partial charge is 0.248 e. The third kappa shape index (κ3) is 2.91. The second-order valence-corrected chi connectivity index (χ2v) is 6.38. The number of piperazine rings is 1. The Balaban J connectivity index is 2.11. The minimum atomic E-state index is -0.711. The molecule has 19 heavy (non-hydrogen) atoms. The van der Waals surface area contributed by atoms with Crippen LogP contribution in [0.25, 0.3) is 0 Å². The van der Waals surface area contributed by atoms with Crippen LogP contribution in [0.2, 0.25) is 0 Å². The number of hydrogen-bond donors (Lipinski definition) is 1. The number of hydrogen-bond acceptors (Lipinski definition) is 3. The molecule has 5 nitrogen and oxygen atoms in total.